The van der Waals surface area contributed by atoms with Gasteiger partial charge in [-0.15, -0.1) is 0 Å². The highest BCUT2D eigenvalue weighted by Gasteiger charge is 2.27. The van der Waals surface area contributed by atoms with Crippen molar-refractivity contribution in [2.75, 3.05) is 19.5 Å². The third kappa shape index (κ3) is 4.16. The Morgan fingerprint density at radius 1 is 0.906 bits per heavy atom. The van der Waals surface area contributed by atoms with E-state index in [4.69, 9.17) is 9.47 Å². The van der Waals surface area contributed by atoms with E-state index in [2.05, 4.69) is 10.3 Å². The molecule has 0 aliphatic rings. The molecule has 1 atom stereocenters. The van der Waals surface area contributed by atoms with Gasteiger partial charge in [0.15, 0.2) is 0 Å². The van der Waals surface area contributed by atoms with Crippen molar-refractivity contribution in [1.82, 2.24) is 4.98 Å². The second kappa shape index (κ2) is 9.31. The number of ether oxygens (including phenoxy) is 2. The van der Waals surface area contributed by atoms with Gasteiger partial charge in [-0.1, -0.05) is 48.5 Å². The van der Waals surface area contributed by atoms with Crippen LogP contribution in [0, 0.1) is 0 Å². The molecule has 1 amide bonds. The SMILES string of the molecule is COC(=O)C(c1ccccc1)c1cc(OC)ccc1NC(=O)c1ccnc2ccccc12. The number of carbonyl (C=O) groups excluding carboxylic acids is 2. The number of hydrogen-bond donors (Lipinski definition) is 1. The van der Waals surface area contributed by atoms with Crippen LogP contribution in [0.15, 0.2) is 85.1 Å². The largest absolute Gasteiger partial charge is 0.497 e. The maximum atomic E-state index is 13.2. The molecule has 0 saturated heterocycles. The van der Waals surface area contributed by atoms with Crippen molar-refractivity contribution < 1.29 is 19.1 Å². The maximum absolute atomic E-state index is 13.2. The van der Waals surface area contributed by atoms with Gasteiger partial charge in [0.1, 0.15) is 11.7 Å². The molecule has 6 nitrogen and oxygen atoms in total. The highest BCUT2D eigenvalue weighted by atomic mass is 16.5. The zero-order chi connectivity index (χ0) is 22.5. The Balaban J connectivity index is 1.79. The molecule has 0 bridgehead atoms. The Kier molecular flexibility index (Phi) is 6.12. The molecule has 0 saturated carbocycles. The summed E-state index contributed by atoms with van der Waals surface area (Å²) in [5.74, 6) is -0.904. The summed E-state index contributed by atoms with van der Waals surface area (Å²) in [7, 11) is 2.90. The standard InChI is InChI=1S/C26H22N2O4/c1-31-18-12-13-23(21(16-18)24(26(30)32-2)17-8-4-3-5-9-17)28-25(29)20-14-15-27-22-11-7-6-10-19(20)22/h3-16,24H,1-2H3,(H,28,29). The molecule has 4 aromatic rings. The monoisotopic (exact) mass is 426 g/mol. The number of aromatic nitrogens is 1. The first-order chi connectivity index (χ1) is 15.6. The number of anilines is 1. The number of pyridine rings is 1. The Labute approximate surface area is 185 Å². The highest BCUT2D eigenvalue weighted by Crippen LogP contribution is 2.35. The number of esters is 1. The molecule has 32 heavy (non-hydrogen) atoms. The molecule has 1 N–H and O–H groups in total. The lowest BCUT2D eigenvalue weighted by molar-refractivity contribution is -0.141. The highest BCUT2D eigenvalue weighted by molar-refractivity contribution is 6.12. The maximum Gasteiger partial charge on any atom is 0.317 e. The number of benzene rings is 3. The zero-order valence-corrected chi connectivity index (χ0v) is 17.7. The normalized spacial score (nSPS) is 11.6. The van der Waals surface area contributed by atoms with Crippen LogP contribution in [-0.2, 0) is 9.53 Å². The lowest BCUT2D eigenvalue weighted by Gasteiger charge is -2.20. The first-order valence-electron chi connectivity index (χ1n) is 10.1. The second-order valence-electron chi connectivity index (χ2n) is 7.15. The van der Waals surface area contributed by atoms with E-state index >= 15 is 0 Å². The van der Waals surface area contributed by atoms with Gasteiger partial charge in [0.2, 0.25) is 0 Å². The summed E-state index contributed by atoms with van der Waals surface area (Å²) in [6.07, 6.45) is 1.60. The third-order valence-electron chi connectivity index (χ3n) is 5.28. The fourth-order valence-electron chi connectivity index (χ4n) is 3.71. The smallest absolute Gasteiger partial charge is 0.317 e. The lowest BCUT2D eigenvalue weighted by Crippen LogP contribution is -2.20. The molecule has 1 aromatic heterocycles. The van der Waals surface area contributed by atoms with E-state index in [-0.39, 0.29) is 5.91 Å². The summed E-state index contributed by atoms with van der Waals surface area (Å²) >= 11 is 0. The number of fused-ring (bicyclic) bond motifs is 1. The van der Waals surface area contributed by atoms with E-state index in [0.29, 0.717) is 22.6 Å². The minimum atomic E-state index is -0.735. The van der Waals surface area contributed by atoms with Gasteiger partial charge in [0.25, 0.3) is 5.91 Å². The van der Waals surface area contributed by atoms with Crippen LogP contribution in [0.5, 0.6) is 5.75 Å². The van der Waals surface area contributed by atoms with Crippen LogP contribution in [0.1, 0.15) is 27.4 Å². The molecule has 160 valence electrons. The molecule has 0 aliphatic heterocycles. The van der Waals surface area contributed by atoms with E-state index in [9.17, 15) is 9.59 Å². The molecule has 0 aliphatic carbocycles. The predicted octanol–water partition coefficient (Wildman–Crippen LogP) is 4.80. The van der Waals surface area contributed by atoms with Crippen LogP contribution in [-0.4, -0.2) is 31.1 Å². The molecule has 6 heteroatoms. The van der Waals surface area contributed by atoms with Gasteiger partial charge in [0, 0.05) is 17.3 Å². The predicted molar refractivity (Wildman–Crippen MR) is 123 cm³/mol. The van der Waals surface area contributed by atoms with E-state index in [1.807, 2.05) is 54.6 Å². The number of amides is 1. The molecule has 0 spiro atoms. The van der Waals surface area contributed by atoms with E-state index in [1.165, 1.54) is 7.11 Å². The molecular weight excluding hydrogens is 404 g/mol. The first-order valence-corrected chi connectivity index (χ1v) is 10.1. The van der Waals surface area contributed by atoms with Gasteiger partial charge in [-0.05, 0) is 41.5 Å². The zero-order valence-electron chi connectivity index (χ0n) is 17.7. The number of methoxy groups -OCH3 is 2. The second-order valence-corrected chi connectivity index (χ2v) is 7.15. The summed E-state index contributed by atoms with van der Waals surface area (Å²) in [6, 6.07) is 23.6. The van der Waals surface area contributed by atoms with Crippen LogP contribution in [0.3, 0.4) is 0 Å². The van der Waals surface area contributed by atoms with Crippen molar-refractivity contribution in [3.8, 4) is 5.75 Å². The minimum Gasteiger partial charge on any atom is -0.497 e. The Morgan fingerprint density at radius 3 is 2.41 bits per heavy atom. The van der Waals surface area contributed by atoms with Gasteiger partial charge < -0.3 is 14.8 Å². The van der Waals surface area contributed by atoms with Crippen LogP contribution >= 0.6 is 0 Å². The molecule has 0 fully saturated rings. The van der Waals surface area contributed by atoms with Crippen molar-refractivity contribution in [3.63, 3.8) is 0 Å². The minimum absolute atomic E-state index is 0.299. The average Bonchev–Trinajstić information content (AvgIpc) is 2.85. The number of rotatable bonds is 6. The molecule has 3 aromatic carbocycles. The lowest BCUT2D eigenvalue weighted by atomic mass is 9.89. The molecule has 4 rings (SSSR count). The van der Waals surface area contributed by atoms with Gasteiger partial charge in [-0.3, -0.25) is 14.6 Å². The van der Waals surface area contributed by atoms with Gasteiger partial charge in [-0.2, -0.15) is 0 Å². The topological polar surface area (TPSA) is 77.5 Å². The first kappa shape index (κ1) is 21.1. The van der Waals surface area contributed by atoms with Gasteiger partial charge >= 0.3 is 5.97 Å². The molecular formula is C26H22N2O4. The van der Waals surface area contributed by atoms with E-state index < -0.39 is 11.9 Å². The van der Waals surface area contributed by atoms with E-state index in [0.717, 1.165) is 16.5 Å². The third-order valence-corrected chi connectivity index (χ3v) is 5.28. The summed E-state index contributed by atoms with van der Waals surface area (Å²) in [6.45, 7) is 0. The van der Waals surface area contributed by atoms with Crippen LogP contribution in [0.25, 0.3) is 10.9 Å². The Bertz CT molecular complexity index is 1270. The van der Waals surface area contributed by atoms with Crippen molar-refractivity contribution in [2.24, 2.45) is 0 Å². The number of hydrogen-bond acceptors (Lipinski definition) is 5. The van der Waals surface area contributed by atoms with Crippen LogP contribution < -0.4 is 10.1 Å². The number of para-hydroxylation sites is 1. The van der Waals surface area contributed by atoms with Gasteiger partial charge in [0.05, 0.1) is 25.3 Å². The average molecular weight is 426 g/mol. The summed E-state index contributed by atoms with van der Waals surface area (Å²) < 4.78 is 10.5. The van der Waals surface area contributed by atoms with Gasteiger partial charge in [-0.25, -0.2) is 0 Å². The quantitative estimate of drug-likeness (QED) is 0.448. The summed E-state index contributed by atoms with van der Waals surface area (Å²) in [5, 5.41) is 3.71. The van der Waals surface area contributed by atoms with E-state index in [1.54, 1.807) is 37.6 Å². The summed E-state index contributed by atoms with van der Waals surface area (Å²) in [4.78, 5) is 30.4. The Hall–Kier alpha value is -4.19. The molecule has 1 unspecified atom stereocenters. The van der Waals surface area contributed by atoms with Crippen molar-refractivity contribution in [1.29, 1.82) is 0 Å². The van der Waals surface area contributed by atoms with Crippen molar-refractivity contribution in [2.45, 2.75) is 5.92 Å². The number of nitrogens with one attached hydrogen (secondary N) is 1. The fraction of sp³-hybridized carbons (Fsp3) is 0.115. The Morgan fingerprint density at radius 2 is 1.66 bits per heavy atom. The van der Waals surface area contributed by atoms with Crippen LogP contribution in [0.2, 0.25) is 0 Å². The summed E-state index contributed by atoms with van der Waals surface area (Å²) in [5.41, 5.74) is 3.04. The number of nitrogens with zero attached hydrogens (tertiary/aromatic N) is 1. The van der Waals surface area contributed by atoms with Crippen molar-refractivity contribution >= 4 is 28.5 Å². The number of carbonyl (C=O) groups is 2. The molecule has 0 radical (unpaired) electrons. The fourth-order valence-corrected chi connectivity index (χ4v) is 3.71. The molecule has 1 heterocycles. The van der Waals surface area contributed by atoms with Crippen LogP contribution in [0.4, 0.5) is 5.69 Å². The van der Waals surface area contributed by atoms with Crippen molar-refractivity contribution in [3.05, 3.63) is 102 Å².